The minimum Gasteiger partial charge on any atom is -0.324 e. The summed E-state index contributed by atoms with van der Waals surface area (Å²) in [6.07, 6.45) is 1.98. The van der Waals surface area contributed by atoms with Crippen LogP contribution in [0.4, 0.5) is 11.4 Å². The number of carbonyl (C=O) groups excluding carboxylic acids is 2. The number of nitrogens with one attached hydrogen (secondary N) is 1. The van der Waals surface area contributed by atoms with Gasteiger partial charge in [-0.05, 0) is 49.6 Å². The van der Waals surface area contributed by atoms with Crippen LogP contribution in [0.2, 0.25) is 0 Å². The van der Waals surface area contributed by atoms with Gasteiger partial charge in [0.1, 0.15) is 0 Å². The fraction of sp³-hybridized carbons (Fsp3) is 0.263. The number of fused-ring (bicyclic) bond motifs is 2. The maximum atomic E-state index is 13.0. The first-order valence-corrected chi connectivity index (χ1v) is 9.03. The zero-order valence-electron chi connectivity index (χ0n) is 13.4. The molecule has 24 heavy (non-hydrogen) atoms. The number of nitrogens with zero attached hydrogens (tertiary/aromatic N) is 1. The Hall–Kier alpha value is -2.27. The molecule has 0 aliphatic carbocycles. The minimum atomic E-state index is -0.104. The molecule has 2 aromatic carbocycles. The van der Waals surface area contributed by atoms with Crippen molar-refractivity contribution >= 4 is 35.0 Å². The van der Waals surface area contributed by atoms with Crippen molar-refractivity contribution in [1.82, 2.24) is 0 Å². The van der Waals surface area contributed by atoms with Crippen LogP contribution in [0.3, 0.4) is 0 Å². The van der Waals surface area contributed by atoms with E-state index in [1.54, 1.807) is 6.07 Å². The van der Waals surface area contributed by atoms with Gasteiger partial charge in [-0.15, -0.1) is 11.8 Å². The van der Waals surface area contributed by atoms with Gasteiger partial charge in [0.05, 0.1) is 10.9 Å². The molecule has 5 heteroatoms. The average Bonchev–Trinajstić information content (AvgIpc) is 2.61. The van der Waals surface area contributed by atoms with E-state index in [9.17, 15) is 9.59 Å². The molecule has 0 aromatic heterocycles. The second-order valence-electron chi connectivity index (χ2n) is 6.15. The second kappa shape index (κ2) is 5.98. The van der Waals surface area contributed by atoms with Gasteiger partial charge in [-0.2, -0.15) is 0 Å². The number of carbonyl (C=O) groups is 2. The molecule has 2 aromatic rings. The molecule has 4 rings (SSSR count). The van der Waals surface area contributed by atoms with Crippen molar-refractivity contribution in [1.29, 1.82) is 0 Å². The number of thioether (sulfide) groups is 1. The van der Waals surface area contributed by atoms with Crippen LogP contribution in [0.25, 0.3) is 0 Å². The largest absolute Gasteiger partial charge is 0.324 e. The number of hydrogen-bond donors (Lipinski definition) is 1. The van der Waals surface area contributed by atoms with Gasteiger partial charge >= 0.3 is 0 Å². The van der Waals surface area contributed by atoms with E-state index in [0.717, 1.165) is 35.7 Å². The molecule has 0 radical (unpaired) electrons. The smallest absolute Gasteiger partial charge is 0.258 e. The molecule has 1 N–H and O–H groups in total. The molecule has 0 spiro atoms. The third-order valence-electron chi connectivity index (χ3n) is 4.51. The molecule has 1 unspecified atom stereocenters. The molecule has 4 nitrogen and oxygen atoms in total. The maximum absolute atomic E-state index is 13.0. The molecule has 1 atom stereocenters. The molecule has 0 saturated carbocycles. The van der Waals surface area contributed by atoms with Gasteiger partial charge in [-0.25, -0.2) is 0 Å². The molecule has 2 amide bonds. The molecule has 0 fully saturated rings. The third kappa shape index (κ3) is 2.59. The Morgan fingerprint density at radius 3 is 2.96 bits per heavy atom. The lowest BCUT2D eigenvalue weighted by Crippen LogP contribution is -2.35. The first-order chi connectivity index (χ1) is 11.6. The number of anilines is 2. The van der Waals surface area contributed by atoms with Crippen LogP contribution in [-0.2, 0) is 11.2 Å². The van der Waals surface area contributed by atoms with Crippen LogP contribution in [-0.4, -0.2) is 23.6 Å². The van der Waals surface area contributed by atoms with Crippen LogP contribution in [0.1, 0.15) is 29.3 Å². The van der Waals surface area contributed by atoms with E-state index in [2.05, 4.69) is 11.4 Å². The summed E-state index contributed by atoms with van der Waals surface area (Å²) in [6.45, 7) is 2.61. The fourth-order valence-corrected chi connectivity index (χ4v) is 4.17. The van der Waals surface area contributed by atoms with E-state index in [4.69, 9.17) is 0 Å². The van der Waals surface area contributed by atoms with E-state index < -0.39 is 0 Å². The Kier molecular flexibility index (Phi) is 3.81. The van der Waals surface area contributed by atoms with Crippen molar-refractivity contribution in [2.45, 2.75) is 29.9 Å². The summed E-state index contributed by atoms with van der Waals surface area (Å²) in [5.41, 5.74) is 3.56. The summed E-state index contributed by atoms with van der Waals surface area (Å²) in [4.78, 5) is 27.7. The number of hydrogen-bond acceptors (Lipinski definition) is 3. The maximum Gasteiger partial charge on any atom is 0.258 e. The lowest BCUT2D eigenvalue weighted by Gasteiger charge is -2.30. The highest BCUT2D eigenvalue weighted by molar-refractivity contribution is 8.00. The van der Waals surface area contributed by atoms with Gasteiger partial charge in [0.2, 0.25) is 5.91 Å². The quantitative estimate of drug-likeness (QED) is 0.862. The van der Waals surface area contributed by atoms with Gasteiger partial charge in [0.15, 0.2) is 0 Å². The Balaban J connectivity index is 1.67. The molecule has 0 bridgehead atoms. The molecule has 122 valence electrons. The summed E-state index contributed by atoms with van der Waals surface area (Å²) in [5, 5.41) is 2.79. The van der Waals surface area contributed by atoms with E-state index in [1.807, 2.05) is 42.2 Å². The number of rotatable bonds is 1. The summed E-state index contributed by atoms with van der Waals surface area (Å²) in [6, 6.07) is 13.7. The van der Waals surface area contributed by atoms with Crippen LogP contribution < -0.4 is 10.2 Å². The highest BCUT2D eigenvalue weighted by Crippen LogP contribution is 2.36. The molecular formula is C19H18N2O2S. The lowest BCUT2D eigenvalue weighted by atomic mass is 10.0. The molecule has 2 heterocycles. The van der Waals surface area contributed by atoms with Crippen molar-refractivity contribution in [3.05, 3.63) is 53.6 Å². The zero-order valence-corrected chi connectivity index (χ0v) is 14.2. The van der Waals surface area contributed by atoms with Crippen molar-refractivity contribution < 1.29 is 9.59 Å². The van der Waals surface area contributed by atoms with Crippen molar-refractivity contribution in [2.75, 3.05) is 16.8 Å². The van der Waals surface area contributed by atoms with Gasteiger partial charge in [0.25, 0.3) is 5.91 Å². The summed E-state index contributed by atoms with van der Waals surface area (Å²) in [7, 11) is 0. The van der Waals surface area contributed by atoms with Crippen molar-refractivity contribution in [2.24, 2.45) is 0 Å². The third-order valence-corrected chi connectivity index (χ3v) is 5.69. The fourth-order valence-electron chi connectivity index (χ4n) is 3.24. The highest BCUT2D eigenvalue weighted by atomic mass is 32.2. The van der Waals surface area contributed by atoms with E-state index in [0.29, 0.717) is 5.56 Å². The van der Waals surface area contributed by atoms with Crippen LogP contribution in [0.5, 0.6) is 0 Å². The Labute approximate surface area is 145 Å². The highest BCUT2D eigenvalue weighted by Gasteiger charge is 2.26. The van der Waals surface area contributed by atoms with Gasteiger partial charge in [-0.1, -0.05) is 18.2 Å². The summed E-state index contributed by atoms with van der Waals surface area (Å²) >= 11 is 1.53. The Morgan fingerprint density at radius 1 is 1.25 bits per heavy atom. The number of aryl methyl sites for hydroxylation is 1. The molecule has 2 aliphatic rings. The first kappa shape index (κ1) is 15.3. The zero-order chi connectivity index (χ0) is 16.7. The monoisotopic (exact) mass is 338 g/mol. The molecule has 2 aliphatic heterocycles. The van der Waals surface area contributed by atoms with Crippen molar-refractivity contribution in [3.8, 4) is 0 Å². The topological polar surface area (TPSA) is 49.4 Å². The lowest BCUT2D eigenvalue weighted by molar-refractivity contribution is -0.115. The first-order valence-electron chi connectivity index (χ1n) is 8.15. The van der Waals surface area contributed by atoms with Gasteiger partial charge in [0, 0.05) is 22.7 Å². The second-order valence-corrected chi connectivity index (χ2v) is 7.53. The number of benzene rings is 2. The van der Waals surface area contributed by atoms with Gasteiger partial charge in [-0.3, -0.25) is 9.59 Å². The van der Waals surface area contributed by atoms with Crippen LogP contribution in [0, 0.1) is 0 Å². The number of amides is 2. The molecule has 0 saturated heterocycles. The summed E-state index contributed by atoms with van der Waals surface area (Å²) in [5.74, 6) is -0.0248. The predicted octanol–water partition coefficient (Wildman–Crippen LogP) is 3.71. The number of para-hydroxylation sites is 1. The minimum absolute atomic E-state index is 0.0113. The van der Waals surface area contributed by atoms with Gasteiger partial charge < -0.3 is 10.2 Å². The Morgan fingerprint density at radius 2 is 2.08 bits per heavy atom. The Bertz CT molecular complexity index is 834. The van der Waals surface area contributed by atoms with E-state index >= 15 is 0 Å². The van der Waals surface area contributed by atoms with Crippen molar-refractivity contribution in [3.63, 3.8) is 0 Å². The average molecular weight is 338 g/mol. The summed E-state index contributed by atoms with van der Waals surface area (Å²) < 4.78 is 0. The SMILES string of the molecule is CC1Sc2ccc(C(=O)N3CCCc4ccccc43)cc2NC1=O. The van der Waals surface area contributed by atoms with E-state index in [-0.39, 0.29) is 17.1 Å². The normalized spacial score (nSPS) is 19.3. The molecular weight excluding hydrogens is 320 g/mol. The van der Waals surface area contributed by atoms with Crippen LogP contribution in [0.15, 0.2) is 47.4 Å². The van der Waals surface area contributed by atoms with E-state index in [1.165, 1.54) is 17.3 Å². The standard InChI is InChI=1S/C19H18N2O2S/c1-12-18(22)20-15-11-14(8-9-17(15)24-12)19(23)21-10-4-6-13-5-2-3-7-16(13)21/h2-3,5,7-9,11-12H,4,6,10H2,1H3,(H,20,22). The predicted molar refractivity (Wildman–Crippen MR) is 96.8 cm³/mol. The van der Waals surface area contributed by atoms with Crippen LogP contribution >= 0.6 is 11.8 Å².